The van der Waals surface area contributed by atoms with E-state index in [-0.39, 0.29) is 17.0 Å². The number of carbonyl (C=O) groups is 1. The molecule has 96 valence electrons. The summed E-state index contributed by atoms with van der Waals surface area (Å²) in [6.07, 6.45) is 5.37. The minimum absolute atomic E-state index is 0.0279. The van der Waals surface area contributed by atoms with Crippen molar-refractivity contribution in [2.75, 3.05) is 6.54 Å². The van der Waals surface area contributed by atoms with Crippen LogP contribution in [0, 0.1) is 5.41 Å². The average Bonchev–Trinajstić information content (AvgIpc) is 2.48. The summed E-state index contributed by atoms with van der Waals surface area (Å²) in [6.45, 7) is 7.28. The van der Waals surface area contributed by atoms with Crippen LogP contribution < -0.4 is 5.73 Å². The first-order valence-corrected chi connectivity index (χ1v) is 6.62. The molecule has 1 saturated carbocycles. The number of hydrogen-bond donors (Lipinski definition) is 1. The molecule has 1 atom stereocenters. The smallest absolute Gasteiger partial charge is 0.346 e. The maximum atomic E-state index is 12.0. The summed E-state index contributed by atoms with van der Waals surface area (Å²) >= 11 is 0. The number of rotatable bonds is 2. The summed E-state index contributed by atoms with van der Waals surface area (Å²) in [6, 6.07) is -0.140. The Hall–Kier alpha value is -1.06. The van der Waals surface area contributed by atoms with Crippen molar-refractivity contribution < 1.29 is 4.79 Å². The van der Waals surface area contributed by atoms with Crippen LogP contribution in [0.3, 0.4) is 0 Å². The highest BCUT2D eigenvalue weighted by molar-refractivity contribution is 6.06. The van der Waals surface area contributed by atoms with Crippen LogP contribution in [-0.4, -0.2) is 28.9 Å². The first-order chi connectivity index (χ1) is 7.95. The molecule has 2 aliphatic rings. The number of amides is 2. The Morgan fingerprint density at radius 1 is 1.35 bits per heavy atom. The van der Waals surface area contributed by atoms with Crippen molar-refractivity contribution in [1.29, 1.82) is 0 Å². The standard InChI is InChI=1S/C13H23N3O/c1-4-9-16-11(17)15-10(14)13(16)8-6-5-7-12(13,2)3/h4-9H2,1-3H3,(H2,14,15,17). The van der Waals surface area contributed by atoms with Crippen LogP contribution in [0.15, 0.2) is 4.99 Å². The highest BCUT2D eigenvalue weighted by atomic mass is 16.2. The zero-order valence-corrected chi connectivity index (χ0v) is 11.1. The van der Waals surface area contributed by atoms with Gasteiger partial charge in [-0.2, -0.15) is 4.99 Å². The van der Waals surface area contributed by atoms with Crippen molar-refractivity contribution in [3.8, 4) is 0 Å². The molecule has 0 saturated heterocycles. The first kappa shape index (κ1) is 12.4. The van der Waals surface area contributed by atoms with E-state index in [1.165, 1.54) is 6.42 Å². The van der Waals surface area contributed by atoms with Crippen LogP contribution in [0.4, 0.5) is 4.79 Å². The second-order valence-electron chi connectivity index (χ2n) is 5.88. The molecule has 2 amide bonds. The highest BCUT2D eigenvalue weighted by Gasteiger charge is 2.57. The number of nitrogens with two attached hydrogens (primary N) is 1. The van der Waals surface area contributed by atoms with Crippen molar-refractivity contribution in [2.24, 2.45) is 16.1 Å². The van der Waals surface area contributed by atoms with Gasteiger partial charge in [0.05, 0.1) is 0 Å². The molecule has 1 spiro atoms. The first-order valence-electron chi connectivity index (χ1n) is 6.62. The molecule has 4 nitrogen and oxygen atoms in total. The molecule has 1 aliphatic heterocycles. The maximum Gasteiger partial charge on any atom is 0.346 e. The Balaban J connectivity index is 2.44. The monoisotopic (exact) mass is 237 g/mol. The van der Waals surface area contributed by atoms with E-state index in [1.807, 2.05) is 4.90 Å². The van der Waals surface area contributed by atoms with Gasteiger partial charge in [-0.1, -0.05) is 33.6 Å². The van der Waals surface area contributed by atoms with Crippen LogP contribution in [0.5, 0.6) is 0 Å². The molecule has 0 bridgehead atoms. The van der Waals surface area contributed by atoms with Crippen molar-refractivity contribution >= 4 is 11.9 Å². The van der Waals surface area contributed by atoms with E-state index >= 15 is 0 Å². The Morgan fingerprint density at radius 2 is 2.00 bits per heavy atom. The van der Waals surface area contributed by atoms with Gasteiger partial charge in [-0.25, -0.2) is 4.79 Å². The molecule has 0 aromatic heterocycles. The third-order valence-corrected chi connectivity index (χ3v) is 4.49. The van der Waals surface area contributed by atoms with Gasteiger partial charge < -0.3 is 10.6 Å². The minimum Gasteiger partial charge on any atom is -0.385 e. The second kappa shape index (κ2) is 4.00. The molecule has 0 radical (unpaired) electrons. The van der Waals surface area contributed by atoms with E-state index in [9.17, 15) is 4.79 Å². The molecule has 17 heavy (non-hydrogen) atoms. The van der Waals surface area contributed by atoms with Crippen molar-refractivity contribution in [2.45, 2.75) is 58.4 Å². The third-order valence-electron chi connectivity index (χ3n) is 4.49. The van der Waals surface area contributed by atoms with Gasteiger partial charge in [-0.05, 0) is 24.7 Å². The molecule has 1 heterocycles. The Labute approximate surface area is 103 Å². The lowest BCUT2D eigenvalue weighted by molar-refractivity contribution is 0.0378. The fourth-order valence-electron chi connectivity index (χ4n) is 3.54. The van der Waals surface area contributed by atoms with Crippen molar-refractivity contribution in [1.82, 2.24) is 4.90 Å². The van der Waals surface area contributed by atoms with Gasteiger partial charge in [0.25, 0.3) is 0 Å². The van der Waals surface area contributed by atoms with E-state index in [1.54, 1.807) is 0 Å². The fraction of sp³-hybridized carbons (Fsp3) is 0.846. The number of urea groups is 1. The summed E-state index contributed by atoms with van der Waals surface area (Å²) in [7, 11) is 0. The Morgan fingerprint density at radius 3 is 2.59 bits per heavy atom. The molecule has 0 aromatic carbocycles. The lowest BCUT2D eigenvalue weighted by Gasteiger charge is -2.52. The molecule has 1 fully saturated rings. The molecule has 2 rings (SSSR count). The normalized spacial score (nSPS) is 32.1. The van der Waals surface area contributed by atoms with Gasteiger partial charge in [-0.3, -0.25) is 0 Å². The van der Waals surface area contributed by atoms with Gasteiger partial charge >= 0.3 is 6.03 Å². The molecule has 1 aliphatic carbocycles. The molecule has 1 unspecified atom stereocenters. The van der Waals surface area contributed by atoms with E-state index < -0.39 is 0 Å². The van der Waals surface area contributed by atoms with E-state index in [4.69, 9.17) is 5.73 Å². The van der Waals surface area contributed by atoms with Gasteiger partial charge in [0.1, 0.15) is 11.4 Å². The van der Waals surface area contributed by atoms with Crippen LogP contribution in [-0.2, 0) is 0 Å². The fourth-order valence-corrected chi connectivity index (χ4v) is 3.54. The van der Waals surface area contributed by atoms with Gasteiger partial charge in [-0.15, -0.1) is 0 Å². The largest absolute Gasteiger partial charge is 0.385 e. The quantitative estimate of drug-likeness (QED) is 0.802. The summed E-state index contributed by atoms with van der Waals surface area (Å²) in [5.74, 6) is 0.542. The summed E-state index contributed by atoms with van der Waals surface area (Å²) in [5.41, 5.74) is 5.83. The van der Waals surface area contributed by atoms with E-state index in [0.29, 0.717) is 5.84 Å². The lowest BCUT2D eigenvalue weighted by Crippen LogP contribution is -2.64. The van der Waals surface area contributed by atoms with Gasteiger partial charge in [0, 0.05) is 6.54 Å². The number of aliphatic imine (C=N–C) groups is 1. The minimum atomic E-state index is -0.321. The predicted octanol–water partition coefficient (Wildman–Crippen LogP) is 2.53. The third kappa shape index (κ3) is 1.57. The highest BCUT2D eigenvalue weighted by Crippen LogP contribution is 2.49. The Kier molecular flexibility index (Phi) is 2.92. The maximum absolute atomic E-state index is 12.0. The molecular formula is C13H23N3O. The number of nitrogens with zero attached hydrogens (tertiary/aromatic N) is 2. The van der Waals surface area contributed by atoms with Crippen LogP contribution in [0.25, 0.3) is 0 Å². The molecular weight excluding hydrogens is 214 g/mol. The van der Waals surface area contributed by atoms with E-state index in [0.717, 1.165) is 32.2 Å². The van der Waals surface area contributed by atoms with Crippen molar-refractivity contribution in [3.63, 3.8) is 0 Å². The van der Waals surface area contributed by atoms with Crippen LogP contribution >= 0.6 is 0 Å². The predicted molar refractivity (Wildman–Crippen MR) is 69.0 cm³/mol. The van der Waals surface area contributed by atoms with Crippen molar-refractivity contribution in [3.05, 3.63) is 0 Å². The average molecular weight is 237 g/mol. The second-order valence-corrected chi connectivity index (χ2v) is 5.88. The Bertz CT molecular complexity index is 362. The van der Waals surface area contributed by atoms with Gasteiger partial charge in [0.2, 0.25) is 0 Å². The van der Waals surface area contributed by atoms with Gasteiger partial charge in [0.15, 0.2) is 0 Å². The number of hydrogen-bond acceptors (Lipinski definition) is 2. The number of amidine groups is 1. The summed E-state index contributed by atoms with van der Waals surface area (Å²) in [5, 5.41) is 0. The zero-order chi connectivity index (χ0) is 12.7. The van der Waals surface area contributed by atoms with Crippen LogP contribution in [0.2, 0.25) is 0 Å². The summed E-state index contributed by atoms with van der Waals surface area (Å²) in [4.78, 5) is 18.0. The molecule has 4 heteroatoms. The number of carbonyl (C=O) groups excluding carboxylic acids is 1. The molecule has 2 N–H and O–H groups in total. The van der Waals surface area contributed by atoms with Crippen LogP contribution in [0.1, 0.15) is 52.9 Å². The molecule has 0 aromatic rings. The lowest BCUT2D eigenvalue weighted by atomic mass is 9.62. The SMILES string of the molecule is CCCN1C(=O)N=C(N)C12CCCCC2(C)C. The zero-order valence-electron chi connectivity index (χ0n) is 11.1. The topological polar surface area (TPSA) is 58.7 Å². The van der Waals surface area contributed by atoms with E-state index in [2.05, 4.69) is 25.8 Å². The summed E-state index contributed by atoms with van der Waals surface area (Å²) < 4.78 is 0.